The number of ether oxygens (including phenoxy) is 1. The molecule has 1 fully saturated rings. The van der Waals surface area contributed by atoms with Crippen LogP contribution in [0.1, 0.15) is 43.7 Å². The molecule has 1 aromatic carbocycles. The summed E-state index contributed by atoms with van der Waals surface area (Å²) in [4.78, 5) is 24.9. The van der Waals surface area contributed by atoms with Crippen LogP contribution in [-0.2, 0) is 19.6 Å². The van der Waals surface area contributed by atoms with Gasteiger partial charge in [0.2, 0.25) is 15.9 Å². The second-order valence-corrected chi connectivity index (χ2v) is 8.75. The van der Waals surface area contributed by atoms with Crippen molar-refractivity contribution in [2.45, 2.75) is 57.4 Å². The molecule has 27 heavy (non-hydrogen) atoms. The van der Waals surface area contributed by atoms with Crippen LogP contribution in [0.25, 0.3) is 0 Å². The Kier molecular flexibility index (Phi) is 7.00. The molecule has 8 heteroatoms. The zero-order valence-electron chi connectivity index (χ0n) is 16.4. The Morgan fingerprint density at radius 1 is 1.15 bits per heavy atom. The molecule has 0 spiro atoms. The van der Waals surface area contributed by atoms with Crippen LogP contribution >= 0.6 is 0 Å². The second-order valence-electron chi connectivity index (χ2n) is 7.07. The maximum absolute atomic E-state index is 12.8. The smallest absolute Gasteiger partial charge is 0.244 e. The van der Waals surface area contributed by atoms with E-state index < -0.39 is 10.0 Å². The number of likely N-dealkylation sites (tertiary alicyclic amines) is 1. The third kappa shape index (κ3) is 5.52. The summed E-state index contributed by atoms with van der Waals surface area (Å²) in [5.41, 5.74) is 1.84. The number of benzene rings is 1. The summed E-state index contributed by atoms with van der Waals surface area (Å²) in [6, 6.07) is 3.11. The van der Waals surface area contributed by atoms with Crippen molar-refractivity contribution >= 4 is 21.7 Å². The Bertz CT molecular complexity index is 812. The molecule has 1 aliphatic heterocycles. The number of piperidine rings is 1. The van der Waals surface area contributed by atoms with E-state index in [1.165, 1.54) is 14.0 Å². The first-order valence-electron chi connectivity index (χ1n) is 9.09. The Morgan fingerprint density at radius 3 is 2.30 bits per heavy atom. The lowest BCUT2D eigenvalue weighted by molar-refractivity contribution is -0.133. The predicted octanol–water partition coefficient (Wildman–Crippen LogP) is 1.95. The fourth-order valence-electron chi connectivity index (χ4n) is 3.10. The summed E-state index contributed by atoms with van der Waals surface area (Å²) < 4.78 is 33.6. The van der Waals surface area contributed by atoms with Gasteiger partial charge in [0.05, 0.1) is 7.11 Å². The number of amides is 1. The van der Waals surface area contributed by atoms with E-state index in [0.29, 0.717) is 31.7 Å². The first-order chi connectivity index (χ1) is 12.6. The highest BCUT2D eigenvalue weighted by Crippen LogP contribution is 2.28. The van der Waals surface area contributed by atoms with Crippen molar-refractivity contribution in [2.75, 3.05) is 20.2 Å². The quantitative estimate of drug-likeness (QED) is 0.760. The van der Waals surface area contributed by atoms with Crippen molar-refractivity contribution < 1.29 is 22.7 Å². The number of carbonyl (C=O) groups is 2. The topological polar surface area (TPSA) is 92.8 Å². The van der Waals surface area contributed by atoms with Gasteiger partial charge in [-0.2, -0.15) is 0 Å². The summed E-state index contributed by atoms with van der Waals surface area (Å²) in [6.07, 6.45) is 1.54. The molecule has 1 saturated heterocycles. The van der Waals surface area contributed by atoms with Gasteiger partial charge >= 0.3 is 0 Å². The fourth-order valence-corrected chi connectivity index (χ4v) is 4.64. The van der Waals surface area contributed by atoms with E-state index in [9.17, 15) is 18.0 Å². The third-order valence-corrected chi connectivity index (χ3v) is 6.47. The van der Waals surface area contributed by atoms with Gasteiger partial charge in [0.1, 0.15) is 16.4 Å². The largest absolute Gasteiger partial charge is 0.495 e. The molecule has 0 aromatic heterocycles. The Balaban J connectivity index is 2.01. The predicted molar refractivity (Wildman–Crippen MR) is 102 cm³/mol. The third-order valence-electron chi connectivity index (χ3n) is 4.93. The Morgan fingerprint density at radius 2 is 1.74 bits per heavy atom. The summed E-state index contributed by atoms with van der Waals surface area (Å²) in [5.74, 6) is 0.262. The molecular formula is C19H28N2O5S. The molecule has 7 nitrogen and oxygen atoms in total. The Hall–Kier alpha value is -1.93. The van der Waals surface area contributed by atoms with Gasteiger partial charge in [-0.25, -0.2) is 13.1 Å². The molecule has 1 heterocycles. The molecule has 0 atom stereocenters. The number of ketones is 1. The molecule has 1 N–H and O–H groups in total. The van der Waals surface area contributed by atoms with Gasteiger partial charge in [-0.15, -0.1) is 0 Å². The lowest BCUT2D eigenvalue weighted by atomic mass is 10.1. The second kappa shape index (κ2) is 8.84. The molecule has 0 unspecified atom stereocenters. The number of carbonyl (C=O) groups excluding carboxylic acids is 2. The van der Waals surface area contributed by atoms with Gasteiger partial charge in [-0.3, -0.25) is 4.79 Å². The highest BCUT2D eigenvalue weighted by Gasteiger charge is 2.28. The van der Waals surface area contributed by atoms with Gasteiger partial charge < -0.3 is 14.4 Å². The number of methoxy groups -OCH3 is 1. The fraction of sp³-hybridized carbons (Fsp3) is 0.579. The first-order valence-corrected chi connectivity index (χ1v) is 10.6. The van der Waals surface area contributed by atoms with Crippen LogP contribution in [0.4, 0.5) is 0 Å². The van der Waals surface area contributed by atoms with E-state index in [-0.39, 0.29) is 35.5 Å². The average Bonchev–Trinajstić information content (AvgIpc) is 2.61. The van der Waals surface area contributed by atoms with Crippen LogP contribution in [0, 0.1) is 13.8 Å². The normalized spacial score (nSPS) is 15.6. The van der Waals surface area contributed by atoms with Gasteiger partial charge in [-0.05, 0) is 56.9 Å². The van der Waals surface area contributed by atoms with E-state index in [1.807, 2.05) is 13.8 Å². The number of aryl methyl sites for hydroxylation is 2. The molecule has 1 amide bonds. The molecule has 2 rings (SSSR count). The minimum Gasteiger partial charge on any atom is -0.495 e. The lowest BCUT2D eigenvalue weighted by Gasteiger charge is -2.32. The number of Topliss-reactive ketones (excluding diaryl/α,β-unsaturated/α-hetero) is 1. The standard InChI is InChI=1S/C19H28N2O5S/c1-13-11-17(26-4)18(12-14(13)2)27(24,25)20-16-7-9-21(10-8-16)19(23)6-5-15(3)22/h11-12,16,20H,5-10H2,1-4H3. The SMILES string of the molecule is COc1cc(C)c(C)cc1S(=O)(=O)NC1CCN(C(=O)CCC(C)=O)CC1. The number of hydrogen-bond acceptors (Lipinski definition) is 5. The summed E-state index contributed by atoms with van der Waals surface area (Å²) in [5, 5.41) is 0. The Labute approximate surface area is 161 Å². The number of sulfonamides is 1. The zero-order valence-corrected chi connectivity index (χ0v) is 17.2. The summed E-state index contributed by atoms with van der Waals surface area (Å²) in [7, 11) is -2.27. The van der Waals surface area contributed by atoms with E-state index in [4.69, 9.17) is 4.74 Å². The van der Waals surface area contributed by atoms with E-state index in [0.717, 1.165) is 11.1 Å². The van der Waals surface area contributed by atoms with E-state index in [2.05, 4.69) is 4.72 Å². The highest BCUT2D eigenvalue weighted by atomic mass is 32.2. The van der Waals surface area contributed by atoms with Crippen molar-refractivity contribution in [2.24, 2.45) is 0 Å². The van der Waals surface area contributed by atoms with Crippen molar-refractivity contribution in [1.29, 1.82) is 0 Å². The van der Waals surface area contributed by atoms with Crippen LogP contribution in [0.2, 0.25) is 0 Å². The molecule has 150 valence electrons. The molecule has 0 saturated carbocycles. The van der Waals surface area contributed by atoms with Gasteiger partial charge in [0.25, 0.3) is 0 Å². The monoisotopic (exact) mass is 396 g/mol. The first kappa shape index (κ1) is 21.4. The van der Waals surface area contributed by atoms with E-state index in [1.54, 1.807) is 17.0 Å². The summed E-state index contributed by atoms with van der Waals surface area (Å²) in [6.45, 7) is 6.19. The lowest BCUT2D eigenvalue weighted by Crippen LogP contribution is -2.46. The van der Waals surface area contributed by atoms with E-state index >= 15 is 0 Å². The van der Waals surface area contributed by atoms with Gasteiger partial charge in [-0.1, -0.05) is 0 Å². The molecule has 1 aliphatic rings. The van der Waals surface area contributed by atoms with Gasteiger partial charge in [0.15, 0.2) is 0 Å². The van der Waals surface area contributed by atoms with Crippen LogP contribution in [-0.4, -0.2) is 51.2 Å². The van der Waals surface area contributed by atoms with Crippen molar-refractivity contribution in [3.8, 4) is 5.75 Å². The van der Waals surface area contributed by atoms with Crippen molar-refractivity contribution in [1.82, 2.24) is 9.62 Å². The molecule has 0 radical (unpaired) electrons. The van der Waals surface area contributed by atoms with Crippen LogP contribution in [0.5, 0.6) is 5.75 Å². The number of nitrogens with one attached hydrogen (secondary N) is 1. The number of rotatable bonds is 7. The minimum atomic E-state index is -3.72. The van der Waals surface area contributed by atoms with Crippen LogP contribution in [0.15, 0.2) is 17.0 Å². The van der Waals surface area contributed by atoms with Crippen LogP contribution in [0.3, 0.4) is 0 Å². The molecule has 0 aliphatic carbocycles. The summed E-state index contributed by atoms with van der Waals surface area (Å²) >= 11 is 0. The highest BCUT2D eigenvalue weighted by molar-refractivity contribution is 7.89. The number of nitrogens with zero attached hydrogens (tertiary/aromatic N) is 1. The van der Waals surface area contributed by atoms with Gasteiger partial charge in [0, 0.05) is 32.0 Å². The minimum absolute atomic E-state index is 0.00617. The zero-order chi connectivity index (χ0) is 20.2. The maximum Gasteiger partial charge on any atom is 0.244 e. The number of hydrogen-bond donors (Lipinski definition) is 1. The average molecular weight is 397 g/mol. The van der Waals surface area contributed by atoms with Crippen molar-refractivity contribution in [3.63, 3.8) is 0 Å². The van der Waals surface area contributed by atoms with Crippen molar-refractivity contribution in [3.05, 3.63) is 23.3 Å². The molecular weight excluding hydrogens is 368 g/mol. The maximum atomic E-state index is 12.8. The molecule has 1 aromatic rings. The van der Waals surface area contributed by atoms with Crippen LogP contribution < -0.4 is 9.46 Å². The molecule has 0 bridgehead atoms.